The van der Waals surface area contributed by atoms with E-state index >= 15 is 0 Å². The Balaban J connectivity index is 1.37. The molecular weight excluding hydrogens is 893 g/mol. The summed E-state index contributed by atoms with van der Waals surface area (Å²) in [6, 6.07) is 13.9. The van der Waals surface area contributed by atoms with Crippen molar-refractivity contribution in [2.75, 3.05) is 6.54 Å². The lowest BCUT2D eigenvalue weighted by Gasteiger charge is -2.31. The Bertz CT molecular complexity index is 2370. The maximum Gasteiger partial charge on any atom is 0.303 e. The molecule has 18 heteroatoms. The van der Waals surface area contributed by atoms with Crippen molar-refractivity contribution in [2.24, 2.45) is 5.92 Å². The number of hydrogen-bond acceptors (Lipinski definition) is 9. The fraction of sp³-hybridized carbons (Fsp3) is 0.540. The molecule has 1 aliphatic heterocycles. The maximum absolute atomic E-state index is 14.5. The Kier molecular flexibility index (Phi) is 19.1. The molecule has 0 radical (unpaired) electrons. The van der Waals surface area contributed by atoms with Crippen LogP contribution in [0.4, 0.5) is 0 Å². The van der Waals surface area contributed by atoms with Gasteiger partial charge in [0.2, 0.25) is 35.4 Å². The quantitative estimate of drug-likeness (QED) is 0.0691. The fourth-order valence-electron chi connectivity index (χ4n) is 9.03. The van der Waals surface area contributed by atoms with Gasteiger partial charge in [-0.1, -0.05) is 99.3 Å². The van der Waals surface area contributed by atoms with Crippen molar-refractivity contribution in [3.05, 3.63) is 83.4 Å². The molecule has 0 unspecified atom stereocenters. The Morgan fingerprint density at radius 1 is 0.691 bits per heavy atom. The number of fused-ring (bicyclic) bond motifs is 1. The van der Waals surface area contributed by atoms with Crippen molar-refractivity contribution >= 4 is 62.3 Å². The molecule has 7 N–H and O–H groups in total. The van der Waals surface area contributed by atoms with Crippen molar-refractivity contribution < 1.29 is 51.6 Å². The van der Waals surface area contributed by atoms with Crippen LogP contribution in [0.1, 0.15) is 121 Å². The third kappa shape index (κ3) is 16.1. The van der Waals surface area contributed by atoms with Crippen molar-refractivity contribution in [1.29, 1.82) is 0 Å². The number of rotatable bonds is 22. The number of nitrogens with one attached hydrogen (secondary N) is 5. The largest absolute Gasteiger partial charge is 0.481 e. The van der Waals surface area contributed by atoms with Crippen LogP contribution in [0.2, 0.25) is 0 Å². The summed E-state index contributed by atoms with van der Waals surface area (Å²) < 4.78 is 32.2. The van der Waals surface area contributed by atoms with Crippen molar-refractivity contribution in [3.63, 3.8) is 0 Å². The van der Waals surface area contributed by atoms with Crippen molar-refractivity contribution in [3.8, 4) is 0 Å². The molecule has 5 rings (SSSR count). The van der Waals surface area contributed by atoms with E-state index in [4.69, 9.17) is 0 Å². The Labute approximate surface area is 399 Å². The Morgan fingerprint density at radius 3 is 1.96 bits per heavy atom. The number of benzene rings is 3. The number of carboxylic acid groups (broad SMARTS) is 1. The topological polar surface area (TPSA) is 257 Å². The van der Waals surface area contributed by atoms with Gasteiger partial charge in [0.25, 0.3) is 10.1 Å². The van der Waals surface area contributed by atoms with E-state index in [9.17, 15) is 51.6 Å². The van der Waals surface area contributed by atoms with Crippen LogP contribution in [0.15, 0.2) is 66.7 Å². The lowest BCUT2D eigenvalue weighted by atomic mass is 9.88. The first kappa shape index (κ1) is 53.1. The zero-order valence-electron chi connectivity index (χ0n) is 39.6. The zero-order chi connectivity index (χ0) is 49.6. The van der Waals surface area contributed by atoms with Crippen LogP contribution in [0.5, 0.6) is 0 Å². The minimum Gasteiger partial charge on any atom is -0.481 e. The predicted octanol–water partition coefficient (Wildman–Crippen LogP) is 4.49. The summed E-state index contributed by atoms with van der Waals surface area (Å²) in [6.07, 6.45) is 5.56. The summed E-state index contributed by atoms with van der Waals surface area (Å²) in [5.74, 6) is -5.07. The number of hydrogen-bond donors (Lipinski definition) is 7. The van der Waals surface area contributed by atoms with Gasteiger partial charge in [0, 0.05) is 37.3 Å². The minimum absolute atomic E-state index is 0.0219. The molecule has 370 valence electrons. The zero-order valence-corrected chi connectivity index (χ0v) is 40.4. The Morgan fingerprint density at radius 2 is 1.31 bits per heavy atom. The molecule has 17 nitrogen and oxygen atoms in total. The molecule has 3 aromatic rings. The first-order valence-corrected chi connectivity index (χ1v) is 25.4. The molecule has 2 fully saturated rings. The van der Waals surface area contributed by atoms with Gasteiger partial charge in [0.1, 0.15) is 36.0 Å². The van der Waals surface area contributed by atoms with E-state index in [0.29, 0.717) is 36.8 Å². The number of likely N-dealkylation sites (tertiary alicyclic amines) is 1. The average Bonchev–Trinajstić information content (AvgIpc) is 3.78. The molecule has 68 heavy (non-hydrogen) atoms. The second kappa shape index (κ2) is 24.4. The molecule has 1 saturated carbocycles. The monoisotopic (exact) mass is 960 g/mol. The van der Waals surface area contributed by atoms with Crippen LogP contribution in [-0.2, 0) is 62.3 Å². The lowest BCUT2D eigenvalue weighted by Crippen LogP contribution is -2.59. The highest BCUT2D eigenvalue weighted by Gasteiger charge is 2.40. The van der Waals surface area contributed by atoms with Crippen molar-refractivity contribution in [2.45, 2.75) is 159 Å². The maximum atomic E-state index is 14.5. The predicted molar refractivity (Wildman–Crippen MR) is 256 cm³/mol. The molecular formula is C50H68N6O11S. The Hall–Kier alpha value is -5.88. The number of carbonyl (C=O) groups is 7. The summed E-state index contributed by atoms with van der Waals surface area (Å²) in [4.78, 5) is 97.5. The van der Waals surface area contributed by atoms with Crippen LogP contribution >= 0.6 is 0 Å². The van der Waals surface area contributed by atoms with E-state index in [1.165, 1.54) is 17.0 Å². The summed E-state index contributed by atoms with van der Waals surface area (Å²) in [7, 11) is -4.28. The van der Waals surface area contributed by atoms with E-state index in [0.717, 1.165) is 35.6 Å². The molecule has 1 heterocycles. The highest BCUT2D eigenvalue weighted by molar-refractivity contribution is 7.85. The van der Waals surface area contributed by atoms with E-state index < -0.39 is 87.1 Å². The summed E-state index contributed by atoms with van der Waals surface area (Å²) >= 11 is 0. The number of carbonyl (C=O) groups excluding carboxylic acids is 6. The summed E-state index contributed by atoms with van der Waals surface area (Å²) in [5.41, 5.74) is 1.02. The second-order valence-electron chi connectivity index (χ2n) is 19.2. The van der Waals surface area contributed by atoms with E-state index in [1.54, 1.807) is 32.9 Å². The number of carboxylic acids is 1. The van der Waals surface area contributed by atoms with E-state index in [-0.39, 0.29) is 63.3 Å². The molecule has 3 aromatic carbocycles. The first-order valence-electron chi connectivity index (χ1n) is 23.8. The first-order chi connectivity index (χ1) is 32.2. The summed E-state index contributed by atoms with van der Waals surface area (Å²) in [5, 5.41) is 25.4. The fourth-order valence-corrected chi connectivity index (χ4v) is 9.64. The lowest BCUT2D eigenvalue weighted by molar-refractivity contribution is -0.142. The molecule has 2 aliphatic rings. The van der Waals surface area contributed by atoms with Gasteiger partial charge in [-0.3, -0.25) is 38.1 Å². The van der Waals surface area contributed by atoms with Crippen LogP contribution in [0.25, 0.3) is 10.8 Å². The summed E-state index contributed by atoms with van der Waals surface area (Å²) in [6.45, 7) is 7.39. The van der Waals surface area contributed by atoms with Crippen LogP contribution in [0, 0.1) is 5.92 Å². The minimum atomic E-state index is -4.28. The van der Waals surface area contributed by atoms with Gasteiger partial charge >= 0.3 is 5.97 Å². The standard InChI is InChI=1S/C50H68N6O11S/c1-5-14-39(52-45(60)40(53-44(59)35-16-7-6-8-17-35)29-32-24-26-33(27-25-32)31-68(65,66)67)49(64)56-28-13-22-42(56)48(63)54-41(30-36-19-11-18-34-15-9-10-20-37(34)36)46(61)51-38(21-12-23-43(57)58)47(62)55-50(2,3)4/h9-11,15,18-20,24-27,35,38-42H,5-8,12-14,16-17,21-23,28-31H2,1-4H3,(H,51,61)(H,52,60)(H,53,59)(H,54,63)(H,55,62)(H,57,58)(H,65,66,67)/t38-,39-,40-,41-,42-/m0/s1. The molecule has 0 bridgehead atoms. The van der Waals surface area contributed by atoms with E-state index in [1.807, 2.05) is 49.4 Å². The molecule has 1 aliphatic carbocycles. The molecule has 5 atom stereocenters. The van der Waals surface area contributed by atoms with Gasteiger partial charge in [0.05, 0.1) is 0 Å². The normalized spacial score (nSPS) is 17.3. The smallest absolute Gasteiger partial charge is 0.303 e. The van der Waals surface area contributed by atoms with Crippen LogP contribution < -0.4 is 26.6 Å². The third-order valence-electron chi connectivity index (χ3n) is 12.4. The molecule has 0 spiro atoms. The number of aliphatic carboxylic acids is 1. The molecule has 6 amide bonds. The van der Waals surface area contributed by atoms with E-state index in [2.05, 4.69) is 26.6 Å². The van der Waals surface area contributed by atoms with Gasteiger partial charge < -0.3 is 36.6 Å². The molecule has 0 aromatic heterocycles. The number of amides is 6. The average molecular weight is 961 g/mol. The van der Waals surface area contributed by atoms with Crippen LogP contribution in [0.3, 0.4) is 0 Å². The van der Waals surface area contributed by atoms with Crippen LogP contribution in [-0.4, -0.2) is 107 Å². The SMILES string of the molecule is CCC[C@H](NC(=O)[C@H](Cc1ccc(CS(=O)(=O)O)cc1)NC(=O)C1CCCCC1)C(=O)N1CCC[C@H]1C(=O)N[C@@H](Cc1cccc2ccccc12)C(=O)N[C@@H](CCCC(=O)O)C(=O)NC(C)(C)C. The third-order valence-corrected chi connectivity index (χ3v) is 13.1. The number of nitrogens with zero attached hydrogens (tertiary/aromatic N) is 1. The highest BCUT2D eigenvalue weighted by atomic mass is 32.2. The van der Waals surface area contributed by atoms with Gasteiger partial charge in [-0.2, -0.15) is 8.42 Å². The van der Waals surface area contributed by atoms with Crippen molar-refractivity contribution in [1.82, 2.24) is 31.5 Å². The van der Waals surface area contributed by atoms with Gasteiger partial charge in [-0.05, 0) is 93.2 Å². The van der Waals surface area contributed by atoms with Gasteiger partial charge in [-0.15, -0.1) is 0 Å². The van der Waals surface area contributed by atoms with Gasteiger partial charge in [0.15, 0.2) is 0 Å². The van der Waals surface area contributed by atoms with Gasteiger partial charge in [-0.25, -0.2) is 0 Å². The molecule has 1 saturated heterocycles. The second-order valence-corrected chi connectivity index (χ2v) is 20.6. The highest BCUT2D eigenvalue weighted by Crippen LogP contribution is 2.25.